The molecule has 2 atom stereocenters. The minimum absolute atomic E-state index is 0.0859. The third-order valence-corrected chi connectivity index (χ3v) is 5.85. The molecule has 1 saturated heterocycles. The number of carbonyl (C=O) groups is 1. The average molecular weight is 431 g/mol. The summed E-state index contributed by atoms with van der Waals surface area (Å²) in [6, 6.07) is 19.9. The molecule has 8 nitrogen and oxygen atoms in total. The Morgan fingerprint density at radius 2 is 1.84 bits per heavy atom. The number of benzene rings is 2. The van der Waals surface area contributed by atoms with Gasteiger partial charge in [0.25, 0.3) is 0 Å². The Kier molecular flexibility index (Phi) is 5.60. The van der Waals surface area contributed by atoms with Crippen molar-refractivity contribution in [2.75, 3.05) is 30.4 Å². The molecule has 32 heavy (non-hydrogen) atoms. The summed E-state index contributed by atoms with van der Waals surface area (Å²) >= 11 is 0. The Labute approximate surface area is 187 Å². The van der Waals surface area contributed by atoms with Gasteiger partial charge in [-0.1, -0.05) is 60.7 Å². The van der Waals surface area contributed by atoms with Gasteiger partial charge in [0.15, 0.2) is 6.23 Å². The fraction of sp³-hybridized carbons (Fsp3) is 0.292. The first kappa shape index (κ1) is 20.3. The highest BCUT2D eigenvalue weighted by molar-refractivity contribution is 5.77. The molecule has 2 bridgehead atoms. The fourth-order valence-corrected chi connectivity index (χ4v) is 4.28. The molecular formula is C24H26N6O2. The van der Waals surface area contributed by atoms with Gasteiger partial charge >= 0.3 is 6.03 Å². The maximum atomic E-state index is 13.2. The van der Waals surface area contributed by atoms with Crippen molar-refractivity contribution in [1.29, 1.82) is 0 Å². The third kappa shape index (κ3) is 3.97. The number of hydrogen-bond acceptors (Lipinski definition) is 6. The first-order valence-electron chi connectivity index (χ1n) is 10.8. The van der Waals surface area contributed by atoms with Gasteiger partial charge in [0, 0.05) is 26.7 Å². The number of carbonyl (C=O) groups excluding carboxylic acids is 1. The van der Waals surface area contributed by atoms with Crippen LogP contribution in [0.4, 0.5) is 16.4 Å². The van der Waals surface area contributed by atoms with Crippen molar-refractivity contribution in [3.05, 3.63) is 83.7 Å². The van der Waals surface area contributed by atoms with E-state index in [1.54, 1.807) is 11.2 Å². The molecule has 0 spiro atoms. The Morgan fingerprint density at radius 1 is 1.12 bits per heavy atom. The van der Waals surface area contributed by atoms with Crippen LogP contribution in [0.5, 0.6) is 0 Å². The number of ether oxygens (including phenoxy) is 1. The average Bonchev–Trinajstić information content (AvgIpc) is 3.17. The van der Waals surface area contributed by atoms with Gasteiger partial charge in [0.05, 0.1) is 18.2 Å². The number of hydrogen-bond donors (Lipinski definition) is 2. The van der Waals surface area contributed by atoms with Crippen molar-refractivity contribution in [3.8, 4) is 0 Å². The number of nitrogens with zero attached hydrogens (tertiary/aromatic N) is 4. The molecule has 2 amide bonds. The zero-order chi connectivity index (χ0) is 21.9. The van der Waals surface area contributed by atoms with E-state index in [0.29, 0.717) is 32.1 Å². The lowest BCUT2D eigenvalue weighted by atomic mass is 10.2. The zero-order valence-electron chi connectivity index (χ0n) is 17.9. The highest BCUT2D eigenvalue weighted by Gasteiger charge is 2.44. The molecule has 2 aromatic carbocycles. The second-order valence-corrected chi connectivity index (χ2v) is 8.07. The smallest absolute Gasteiger partial charge is 0.320 e. The molecule has 1 aromatic heterocycles. The van der Waals surface area contributed by atoms with Crippen molar-refractivity contribution in [1.82, 2.24) is 20.2 Å². The Bertz CT molecular complexity index is 1080. The van der Waals surface area contributed by atoms with Crippen LogP contribution >= 0.6 is 0 Å². The number of anilines is 2. The Balaban J connectivity index is 1.41. The molecule has 5 rings (SSSR count). The largest absolute Gasteiger partial charge is 0.367 e. The second-order valence-electron chi connectivity index (χ2n) is 8.07. The van der Waals surface area contributed by atoms with Crippen molar-refractivity contribution in [2.24, 2.45) is 0 Å². The monoisotopic (exact) mass is 430 g/mol. The van der Waals surface area contributed by atoms with Crippen molar-refractivity contribution >= 4 is 17.7 Å². The molecule has 3 aromatic rings. The molecule has 0 saturated carbocycles. The summed E-state index contributed by atoms with van der Waals surface area (Å²) in [5.74, 6) is 1.46. The molecule has 8 heteroatoms. The standard InChI is InChI=1S/C24H26N6O2/c1-29(14-18-10-6-3-7-11-18)22-20-21(27-16-28-22)25-13-19-15-32-23(20)30(19)24(31)26-12-17-8-4-2-5-9-17/h2-11,16,19,23H,12-15H2,1H3,(H,26,31)(H,25,27,28)/t19-,23-/m0/s1. The van der Waals surface area contributed by atoms with E-state index in [1.165, 1.54) is 5.56 Å². The van der Waals surface area contributed by atoms with Gasteiger partial charge in [-0.2, -0.15) is 0 Å². The van der Waals surface area contributed by atoms with Gasteiger partial charge in [-0.25, -0.2) is 14.8 Å². The van der Waals surface area contributed by atoms with E-state index in [1.807, 2.05) is 55.6 Å². The van der Waals surface area contributed by atoms with E-state index in [-0.39, 0.29) is 12.1 Å². The number of rotatable bonds is 5. The van der Waals surface area contributed by atoms with Gasteiger partial charge in [-0.15, -0.1) is 0 Å². The van der Waals surface area contributed by atoms with Crippen molar-refractivity contribution in [3.63, 3.8) is 0 Å². The topological polar surface area (TPSA) is 82.6 Å². The van der Waals surface area contributed by atoms with Crippen LogP contribution in [-0.2, 0) is 17.8 Å². The van der Waals surface area contributed by atoms with E-state index >= 15 is 0 Å². The van der Waals surface area contributed by atoms with Crippen LogP contribution in [0.1, 0.15) is 22.9 Å². The Hall–Kier alpha value is -3.65. The highest BCUT2D eigenvalue weighted by Crippen LogP contribution is 2.41. The number of fused-ring (bicyclic) bond motifs is 4. The molecule has 1 fully saturated rings. The lowest BCUT2D eigenvalue weighted by Crippen LogP contribution is -2.45. The number of aromatic nitrogens is 2. The van der Waals surface area contributed by atoms with Gasteiger partial charge in [-0.3, -0.25) is 4.90 Å². The summed E-state index contributed by atoms with van der Waals surface area (Å²) in [5, 5.41) is 6.44. The Morgan fingerprint density at radius 3 is 2.59 bits per heavy atom. The third-order valence-electron chi connectivity index (χ3n) is 5.85. The summed E-state index contributed by atoms with van der Waals surface area (Å²) in [6.07, 6.45) is 1.01. The minimum Gasteiger partial charge on any atom is -0.367 e. The van der Waals surface area contributed by atoms with Crippen LogP contribution in [0.25, 0.3) is 0 Å². The molecule has 164 valence electrons. The maximum Gasteiger partial charge on any atom is 0.320 e. The highest BCUT2D eigenvalue weighted by atomic mass is 16.5. The van der Waals surface area contributed by atoms with Gasteiger partial charge in [-0.05, 0) is 11.1 Å². The van der Waals surface area contributed by atoms with Crippen LogP contribution < -0.4 is 15.5 Å². The first-order valence-corrected chi connectivity index (χ1v) is 10.8. The summed E-state index contributed by atoms with van der Waals surface area (Å²) in [6.45, 7) is 2.18. The minimum atomic E-state index is -0.546. The quantitative estimate of drug-likeness (QED) is 0.647. The molecule has 0 aliphatic carbocycles. The summed E-state index contributed by atoms with van der Waals surface area (Å²) in [7, 11) is 1.99. The van der Waals surface area contributed by atoms with Crippen molar-refractivity contribution in [2.45, 2.75) is 25.4 Å². The van der Waals surface area contributed by atoms with Crippen LogP contribution in [-0.4, -0.2) is 47.1 Å². The van der Waals surface area contributed by atoms with Crippen LogP contribution in [0.3, 0.4) is 0 Å². The lowest BCUT2D eigenvalue weighted by molar-refractivity contribution is 0.0487. The predicted octanol–water partition coefficient (Wildman–Crippen LogP) is 3.15. The van der Waals surface area contributed by atoms with E-state index in [4.69, 9.17) is 4.74 Å². The normalized spacial score (nSPS) is 19.0. The van der Waals surface area contributed by atoms with Gasteiger partial charge in [0.1, 0.15) is 18.0 Å². The van der Waals surface area contributed by atoms with Crippen LogP contribution in [0, 0.1) is 0 Å². The number of amides is 2. The molecule has 3 heterocycles. The second kappa shape index (κ2) is 8.84. The van der Waals surface area contributed by atoms with Gasteiger partial charge in [0.2, 0.25) is 0 Å². The van der Waals surface area contributed by atoms with Gasteiger partial charge < -0.3 is 20.3 Å². The van der Waals surface area contributed by atoms with E-state index in [2.05, 4.69) is 37.6 Å². The SMILES string of the molecule is CN(Cc1ccccc1)c1ncnc2c1[C@@H]1OC[C@H](CN2)N1C(=O)NCc1ccccc1. The van der Waals surface area contributed by atoms with E-state index in [0.717, 1.165) is 16.9 Å². The first-order chi connectivity index (χ1) is 15.7. The maximum absolute atomic E-state index is 13.2. The van der Waals surface area contributed by atoms with Crippen LogP contribution in [0.2, 0.25) is 0 Å². The number of urea groups is 1. The molecule has 0 unspecified atom stereocenters. The molecule has 2 aliphatic rings. The molecule has 0 radical (unpaired) electrons. The molecule has 2 N–H and O–H groups in total. The summed E-state index contributed by atoms with van der Waals surface area (Å²) in [4.78, 5) is 26.1. The fourth-order valence-electron chi connectivity index (χ4n) is 4.28. The van der Waals surface area contributed by atoms with Crippen LogP contribution in [0.15, 0.2) is 67.0 Å². The van der Waals surface area contributed by atoms with E-state index < -0.39 is 6.23 Å². The predicted molar refractivity (Wildman–Crippen MR) is 122 cm³/mol. The lowest BCUT2D eigenvalue weighted by Gasteiger charge is -2.29. The number of nitrogens with one attached hydrogen (secondary N) is 2. The van der Waals surface area contributed by atoms with Crippen molar-refractivity contribution < 1.29 is 9.53 Å². The summed E-state index contributed by atoms with van der Waals surface area (Å²) < 4.78 is 6.13. The molecule has 2 aliphatic heterocycles. The van der Waals surface area contributed by atoms with E-state index in [9.17, 15) is 4.79 Å². The molecular weight excluding hydrogens is 404 g/mol. The zero-order valence-corrected chi connectivity index (χ0v) is 17.9. The summed E-state index contributed by atoms with van der Waals surface area (Å²) in [5.41, 5.74) is 3.02.